The van der Waals surface area contributed by atoms with Crippen molar-refractivity contribution in [2.24, 2.45) is 0 Å². The van der Waals surface area contributed by atoms with Crippen LogP contribution in [-0.2, 0) is 0 Å². The summed E-state index contributed by atoms with van der Waals surface area (Å²) in [4.78, 5) is 2.46. The monoisotopic (exact) mass is 840 g/mol. The van der Waals surface area contributed by atoms with Crippen molar-refractivity contribution in [1.82, 2.24) is 4.57 Å². The van der Waals surface area contributed by atoms with Crippen molar-refractivity contribution >= 4 is 49.6 Å². The van der Waals surface area contributed by atoms with Gasteiger partial charge in [-0.3, -0.25) is 0 Å². The van der Waals surface area contributed by atoms with E-state index in [4.69, 9.17) is 0 Å². The van der Waals surface area contributed by atoms with Gasteiger partial charge in [-0.25, -0.2) is 0 Å². The first-order valence-electron chi connectivity index (χ1n) is 22.7. The molecule has 0 fully saturated rings. The van der Waals surface area contributed by atoms with E-state index in [0.29, 0.717) is 0 Å². The molecule has 11 aromatic carbocycles. The zero-order valence-electron chi connectivity index (χ0n) is 36.3. The first-order valence-corrected chi connectivity index (χ1v) is 22.7. The molecule has 66 heavy (non-hydrogen) atoms. The fourth-order valence-electron chi connectivity index (χ4n) is 10.1. The maximum absolute atomic E-state index is 2.46. The van der Waals surface area contributed by atoms with Gasteiger partial charge in [0.15, 0.2) is 0 Å². The molecular formula is C64H44N2. The summed E-state index contributed by atoms with van der Waals surface area (Å²) in [5.41, 5.74) is 18.6. The third-order valence-corrected chi connectivity index (χ3v) is 13.0. The van der Waals surface area contributed by atoms with Crippen LogP contribution in [0.2, 0.25) is 0 Å². The number of aromatic nitrogens is 1. The fourth-order valence-corrected chi connectivity index (χ4v) is 10.1. The first-order chi connectivity index (χ1) is 32.8. The van der Waals surface area contributed by atoms with E-state index in [-0.39, 0.29) is 0 Å². The van der Waals surface area contributed by atoms with Crippen molar-refractivity contribution in [2.75, 3.05) is 4.90 Å². The van der Waals surface area contributed by atoms with Gasteiger partial charge in [-0.05, 0) is 115 Å². The van der Waals surface area contributed by atoms with E-state index in [1.165, 1.54) is 77.1 Å². The van der Waals surface area contributed by atoms with Gasteiger partial charge in [-0.2, -0.15) is 0 Å². The van der Waals surface area contributed by atoms with Crippen molar-refractivity contribution in [1.29, 1.82) is 0 Å². The predicted molar refractivity (Wildman–Crippen MR) is 280 cm³/mol. The van der Waals surface area contributed by atoms with E-state index in [0.717, 1.165) is 33.9 Å². The largest absolute Gasteiger partial charge is 0.310 e. The summed E-state index contributed by atoms with van der Waals surface area (Å²) in [7, 11) is 0. The van der Waals surface area contributed by atoms with E-state index in [9.17, 15) is 0 Å². The summed E-state index contributed by atoms with van der Waals surface area (Å²) in [5.74, 6) is 0. The number of hydrogen-bond donors (Lipinski definition) is 0. The van der Waals surface area contributed by atoms with Crippen molar-refractivity contribution in [3.8, 4) is 61.3 Å². The minimum Gasteiger partial charge on any atom is -0.310 e. The quantitative estimate of drug-likeness (QED) is 0.141. The molecule has 0 saturated carbocycles. The molecule has 0 aliphatic carbocycles. The zero-order valence-corrected chi connectivity index (χ0v) is 36.3. The molecule has 0 saturated heterocycles. The van der Waals surface area contributed by atoms with E-state index < -0.39 is 0 Å². The normalized spacial score (nSPS) is 11.3. The maximum Gasteiger partial charge on any atom is 0.0547 e. The Morgan fingerprint density at radius 2 is 0.803 bits per heavy atom. The smallest absolute Gasteiger partial charge is 0.0547 e. The molecule has 12 rings (SSSR count). The highest BCUT2D eigenvalue weighted by Gasteiger charge is 2.24. The minimum absolute atomic E-state index is 1.07. The number of nitrogens with zero attached hydrogens (tertiary/aromatic N) is 2. The number of hydrogen-bond acceptors (Lipinski definition) is 1. The Morgan fingerprint density at radius 3 is 1.59 bits per heavy atom. The standard InChI is InChI=1S/C64H44N2/c1-4-20-45(21-5-1)54-31-12-13-32-58(54)63-56(47-22-6-2-7-23-47)35-18-38-61(63)65(52-29-16-26-49(44-52)55-34-17-25-46-24-10-11-30-53(46)55)51-42-40-48(41-43-51)57-36-19-39-62-64(57)59-33-14-15-37-60(59)66(62)50-27-8-3-9-28-50/h1-44H. The van der Waals surface area contributed by atoms with Gasteiger partial charge in [-0.1, -0.05) is 212 Å². The number of para-hydroxylation sites is 2. The van der Waals surface area contributed by atoms with Crippen LogP contribution in [-0.4, -0.2) is 4.57 Å². The van der Waals surface area contributed by atoms with E-state index in [1.54, 1.807) is 0 Å². The molecule has 2 heteroatoms. The lowest BCUT2D eigenvalue weighted by atomic mass is 9.87. The van der Waals surface area contributed by atoms with E-state index >= 15 is 0 Å². The number of benzene rings is 11. The number of rotatable bonds is 9. The average molecular weight is 841 g/mol. The second-order valence-corrected chi connectivity index (χ2v) is 16.8. The van der Waals surface area contributed by atoms with Crippen LogP contribution in [0.5, 0.6) is 0 Å². The van der Waals surface area contributed by atoms with Crippen molar-refractivity contribution in [2.45, 2.75) is 0 Å². The molecule has 0 aliphatic heterocycles. The lowest BCUT2D eigenvalue weighted by molar-refractivity contribution is 1.18. The second kappa shape index (κ2) is 16.8. The van der Waals surface area contributed by atoms with Crippen LogP contribution >= 0.6 is 0 Å². The topological polar surface area (TPSA) is 8.17 Å². The molecule has 0 amide bonds. The molecule has 0 unspecified atom stereocenters. The first kappa shape index (κ1) is 38.9. The van der Waals surface area contributed by atoms with Crippen LogP contribution in [0, 0.1) is 0 Å². The summed E-state index contributed by atoms with van der Waals surface area (Å²) in [5, 5.41) is 4.95. The molecule has 0 radical (unpaired) electrons. The van der Waals surface area contributed by atoms with Crippen LogP contribution in [0.1, 0.15) is 0 Å². The van der Waals surface area contributed by atoms with E-state index in [2.05, 4.69) is 276 Å². The highest BCUT2D eigenvalue weighted by Crippen LogP contribution is 2.49. The molecule has 12 aromatic rings. The summed E-state index contributed by atoms with van der Waals surface area (Å²) < 4.78 is 2.39. The number of anilines is 3. The molecule has 0 atom stereocenters. The highest BCUT2D eigenvalue weighted by atomic mass is 15.1. The lowest BCUT2D eigenvalue weighted by Crippen LogP contribution is -2.12. The second-order valence-electron chi connectivity index (χ2n) is 16.8. The molecule has 0 spiro atoms. The maximum atomic E-state index is 2.46. The Kier molecular flexibility index (Phi) is 9.89. The fraction of sp³-hybridized carbons (Fsp3) is 0. The van der Waals surface area contributed by atoms with Crippen molar-refractivity contribution in [3.05, 3.63) is 267 Å². The minimum atomic E-state index is 1.07. The lowest BCUT2D eigenvalue weighted by Gasteiger charge is -2.30. The Balaban J connectivity index is 1.09. The summed E-state index contributed by atoms with van der Waals surface area (Å²) in [6.07, 6.45) is 0. The summed E-state index contributed by atoms with van der Waals surface area (Å²) in [6.45, 7) is 0. The third-order valence-electron chi connectivity index (χ3n) is 13.0. The van der Waals surface area contributed by atoms with Gasteiger partial charge in [0.05, 0.1) is 16.7 Å². The Hall–Kier alpha value is -8.72. The predicted octanol–water partition coefficient (Wildman–Crippen LogP) is 17.7. The average Bonchev–Trinajstić information content (AvgIpc) is 3.74. The van der Waals surface area contributed by atoms with Gasteiger partial charge in [-0.15, -0.1) is 0 Å². The molecule has 0 bridgehead atoms. The van der Waals surface area contributed by atoms with Gasteiger partial charge >= 0.3 is 0 Å². The molecule has 2 nitrogen and oxygen atoms in total. The van der Waals surface area contributed by atoms with Crippen LogP contribution in [0.3, 0.4) is 0 Å². The van der Waals surface area contributed by atoms with Crippen molar-refractivity contribution < 1.29 is 0 Å². The molecule has 1 heterocycles. The van der Waals surface area contributed by atoms with Gasteiger partial charge in [0.25, 0.3) is 0 Å². The van der Waals surface area contributed by atoms with Crippen LogP contribution < -0.4 is 4.90 Å². The van der Waals surface area contributed by atoms with Gasteiger partial charge in [0.1, 0.15) is 0 Å². The Labute approximate surface area is 385 Å². The summed E-state index contributed by atoms with van der Waals surface area (Å²) >= 11 is 0. The Bertz CT molecular complexity index is 3680. The van der Waals surface area contributed by atoms with Crippen LogP contribution in [0.15, 0.2) is 267 Å². The van der Waals surface area contributed by atoms with Crippen LogP contribution in [0.25, 0.3) is 93.9 Å². The van der Waals surface area contributed by atoms with Crippen molar-refractivity contribution in [3.63, 3.8) is 0 Å². The van der Waals surface area contributed by atoms with Crippen LogP contribution in [0.4, 0.5) is 17.1 Å². The molecule has 0 aliphatic rings. The molecule has 0 N–H and O–H groups in total. The molecular weight excluding hydrogens is 797 g/mol. The van der Waals surface area contributed by atoms with Gasteiger partial charge < -0.3 is 9.47 Å². The summed E-state index contributed by atoms with van der Waals surface area (Å²) in [6, 6.07) is 97.0. The zero-order chi connectivity index (χ0) is 43.8. The van der Waals surface area contributed by atoms with Gasteiger partial charge in [0, 0.05) is 33.4 Å². The molecule has 1 aromatic heterocycles. The van der Waals surface area contributed by atoms with Gasteiger partial charge in [0.2, 0.25) is 0 Å². The Morgan fingerprint density at radius 1 is 0.288 bits per heavy atom. The van der Waals surface area contributed by atoms with E-state index in [1.807, 2.05) is 0 Å². The molecule has 310 valence electrons. The SMILES string of the molecule is c1ccc(-c2ccccc2-c2c(-c3ccccc3)cccc2N(c2ccc(-c3cccc4c3c3ccccc3n4-c3ccccc3)cc2)c2cccc(-c3cccc4ccccc34)c2)cc1. The third kappa shape index (κ3) is 6.84. The highest BCUT2D eigenvalue weighted by molar-refractivity contribution is 6.16. The number of fused-ring (bicyclic) bond motifs is 4.